The number of hydrogen-bond donors (Lipinski definition) is 0. The molecule has 1 heterocycles. The average molecular weight is 391 g/mol. The number of thioether (sulfide) groups is 1. The zero-order chi connectivity index (χ0) is 20.1. The molecule has 0 radical (unpaired) electrons. The van der Waals surface area contributed by atoms with E-state index in [1.165, 1.54) is 11.8 Å². The molecular formula is C23H22N2O2S. The van der Waals surface area contributed by atoms with Crippen molar-refractivity contribution in [1.29, 1.82) is 0 Å². The summed E-state index contributed by atoms with van der Waals surface area (Å²) in [4.78, 5) is 20.0. The Bertz CT molecular complexity index is 1000. The number of terminal acetylenes is 1. The molecule has 5 heteroatoms. The largest absolute Gasteiger partial charge is 0.480 e. The van der Waals surface area contributed by atoms with E-state index in [9.17, 15) is 4.79 Å². The molecule has 0 bridgehead atoms. The van der Waals surface area contributed by atoms with Crippen molar-refractivity contribution in [3.05, 3.63) is 64.1 Å². The van der Waals surface area contributed by atoms with Crippen molar-refractivity contribution in [3.8, 4) is 18.1 Å². The zero-order valence-corrected chi connectivity index (χ0v) is 17.0. The third kappa shape index (κ3) is 4.29. The van der Waals surface area contributed by atoms with Gasteiger partial charge in [-0.25, -0.2) is 4.99 Å². The fraction of sp³-hybridized carbons (Fsp3) is 0.217. The first-order valence-electron chi connectivity index (χ1n) is 9.06. The van der Waals surface area contributed by atoms with Crippen LogP contribution in [0, 0.1) is 26.2 Å². The lowest BCUT2D eigenvalue weighted by Gasteiger charge is -2.12. The van der Waals surface area contributed by atoms with Crippen molar-refractivity contribution in [2.75, 3.05) is 13.2 Å². The van der Waals surface area contributed by atoms with Gasteiger partial charge in [0.2, 0.25) is 0 Å². The molecule has 2 aromatic carbocycles. The van der Waals surface area contributed by atoms with Gasteiger partial charge in [-0.3, -0.25) is 9.69 Å². The van der Waals surface area contributed by atoms with Crippen molar-refractivity contribution < 1.29 is 9.53 Å². The SMILES string of the molecule is C#CCOc1ccccc1C=C1SC(=Nc2cc(C)ccc2C)N(CC)C1=O. The molecule has 0 atom stereocenters. The van der Waals surface area contributed by atoms with Gasteiger partial charge < -0.3 is 4.74 Å². The molecule has 2 aromatic rings. The summed E-state index contributed by atoms with van der Waals surface area (Å²) in [6.07, 6.45) is 7.13. The number of rotatable bonds is 5. The van der Waals surface area contributed by atoms with Gasteiger partial charge >= 0.3 is 0 Å². The van der Waals surface area contributed by atoms with Crippen molar-refractivity contribution in [3.63, 3.8) is 0 Å². The first kappa shape index (κ1) is 19.8. The van der Waals surface area contributed by atoms with Crippen LogP contribution >= 0.6 is 11.8 Å². The summed E-state index contributed by atoms with van der Waals surface area (Å²) >= 11 is 1.38. The number of aliphatic imine (C=N–C) groups is 1. The van der Waals surface area contributed by atoms with Gasteiger partial charge in [-0.15, -0.1) is 6.42 Å². The molecule has 1 aliphatic rings. The molecule has 0 spiro atoms. The van der Waals surface area contributed by atoms with Gasteiger partial charge in [-0.2, -0.15) is 0 Å². The van der Waals surface area contributed by atoms with Gasteiger partial charge in [0.05, 0.1) is 10.6 Å². The molecule has 1 saturated heterocycles. The smallest absolute Gasteiger partial charge is 0.266 e. The van der Waals surface area contributed by atoms with Crippen LogP contribution < -0.4 is 4.74 Å². The number of hydrogen-bond acceptors (Lipinski definition) is 4. The maximum atomic E-state index is 12.9. The molecule has 0 N–H and O–H groups in total. The lowest BCUT2D eigenvalue weighted by Crippen LogP contribution is -2.28. The minimum atomic E-state index is -0.0525. The summed E-state index contributed by atoms with van der Waals surface area (Å²) in [7, 11) is 0. The number of carbonyl (C=O) groups is 1. The number of nitrogens with zero attached hydrogens (tertiary/aromatic N) is 2. The van der Waals surface area contributed by atoms with Crippen LogP contribution in [0.15, 0.2) is 52.4 Å². The molecule has 3 rings (SSSR count). The molecule has 0 aliphatic carbocycles. The summed E-state index contributed by atoms with van der Waals surface area (Å²) in [6, 6.07) is 13.7. The molecule has 1 fully saturated rings. The van der Waals surface area contributed by atoms with Crippen LogP contribution in [0.4, 0.5) is 5.69 Å². The van der Waals surface area contributed by atoms with Crippen molar-refractivity contribution in [2.24, 2.45) is 4.99 Å². The Labute approximate surface area is 170 Å². The van der Waals surface area contributed by atoms with E-state index in [2.05, 4.69) is 12.0 Å². The van der Waals surface area contributed by atoms with Crippen LogP contribution in [0.5, 0.6) is 5.75 Å². The van der Waals surface area contributed by atoms with Crippen LogP contribution in [0.1, 0.15) is 23.6 Å². The summed E-state index contributed by atoms with van der Waals surface area (Å²) in [5.41, 5.74) is 3.91. The molecule has 1 aliphatic heterocycles. The van der Waals surface area contributed by atoms with Crippen LogP contribution in [-0.2, 0) is 4.79 Å². The highest BCUT2D eigenvalue weighted by molar-refractivity contribution is 8.18. The van der Waals surface area contributed by atoms with E-state index in [1.54, 1.807) is 4.90 Å². The van der Waals surface area contributed by atoms with Crippen LogP contribution in [-0.4, -0.2) is 29.1 Å². The number of ether oxygens (including phenoxy) is 1. The first-order valence-corrected chi connectivity index (χ1v) is 9.87. The fourth-order valence-corrected chi connectivity index (χ4v) is 3.85. The minimum absolute atomic E-state index is 0.0525. The maximum absolute atomic E-state index is 12.9. The number of aryl methyl sites for hydroxylation is 2. The van der Waals surface area contributed by atoms with Crippen LogP contribution in [0.25, 0.3) is 6.08 Å². The van der Waals surface area contributed by atoms with Gasteiger partial charge in [0.25, 0.3) is 5.91 Å². The minimum Gasteiger partial charge on any atom is -0.480 e. The Morgan fingerprint density at radius 1 is 1.25 bits per heavy atom. The van der Waals surface area contributed by atoms with Gasteiger partial charge in [-0.05, 0) is 61.9 Å². The maximum Gasteiger partial charge on any atom is 0.266 e. The van der Waals surface area contributed by atoms with Crippen molar-refractivity contribution in [2.45, 2.75) is 20.8 Å². The van der Waals surface area contributed by atoms with E-state index >= 15 is 0 Å². The molecule has 4 nitrogen and oxygen atoms in total. The Hall–Kier alpha value is -2.97. The second-order valence-corrected chi connectivity index (χ2v) is 7.38. The third-order valence-electron chi connectivity index (χ3n) is 4.30. The predicted octanol–water partition coefficient (Wildman–Crippen LogP) is 4.94. The van der Waals surface area contributed by atoms with Gasteiger partial charge in [-0.1, -0.05) is 36.3 Å². The second kappa shape index (κ2) is 8.81. The second-order valence-electron chi connectivity index (χ2n) is 6.38. The summed E-state index contributed by atoms with van der Waals surface area (Å²) in [6.45, 7) is 6.74. The topological polar surface area (TPSA) is 41.9 Å². The Morgan fingerprint density at radius 3 is 2.79 bits per heavy atom. The third-order valence-corrected chi connectivity index (χ3v) is 5.31. The number of carbonyl (C=O) groups excluding carboxylic acids is 1. The van der Waals surface area contributed by atoms with E-state index in [-0.39, 0.29) is 12.5 Å². The van der Waals surface area contributed by atoms with E-state index in [0.29, 0.717) is 22.4 Å². The number of amidine groups is 1. The molecule has 142 valence electrons. The molecule has 0 unspecified atom stereocenters. The monoisotopic (exact) mass is 390 g/mol. The number of amides is 1. The first-order chi connectivity index (χ1) is 13.5. The summed E-state index contributed by atoms with van der Waals surface area (Å²) < 4.78 is 5.59. The lowest BCUT2D eigenvalue weighted by molar-refractivity contribution is -0.122. The Balaban J connectivity index is 1.96. The number of para-hydroxylation sites is 1. The summed E-state index contributed by atoms with van der Waals surface area (Å²) in [5, 5.41) is 0.689. The van der Waals surface area contributed by atoms with Gasteiger partial charge in [0, 0.05) is 12.1 Å². The molecular weight excluding hydrogens is 368 g/mol. The standard InChI is InChI=1S/C23H22N2O2S/c1-5-13-27-20-10-8-7-9-18(20)15-21-22(26)25(6-2)23(28-21)24-19-14-16(3)11-12-17(19)4/h1,7-12,14-15H,6,13H2,2-4H3. The molecule has 28 heavy (non-hydrogen) atoms. The highest BCUT2D eigenvalue weighted by Gasteiger charge is 2.32. The summed E-state index contributed by atoms with van der Waals surface area (Å²) in [5.74, 6) is 3.07. The molecule has 0 aromatic heterocycles. The van der Waals surface area contributed by atoms with Crippen LogP contribution in [0.3, 0.4) is 0 Å². The van der Waals surface area contributed by atoms with E-state index in [1.807, 2.05) is 63.2 Å². The fourth-order valence-electron chi connectivity index (χ4n) is 2.81. The zero-order valence-electron chi connectivity index (χ0n) is 16.2. The highest BCUT2D eigenvalue weighted by Crippen LogP contribution is 2.36. The number of benzene rings is 2. The van der Waals surface area contributed by atoms with Gasteiger partial charge in [0.15, 0.2) is 5.17 Å². The average Bonchev–Trinajstić information content (AvgIpc) is 2.98. The van der Waals surface area contributed by atoms with E-state index in [4.69, 9.17) is 16.2 Å². The molecule has 1 amide bonds. The quantitative estimate of drug-likeness (QED) is 0.536. The van der Waals surface area contributed by atoms with Crippen LogP contribution in [0.2, 0.25) is 0 Å². The lowest BCUT2D eigenvalue weighted by atomic mass is 10.1. The van der Waals surface area contributed by atoms with E-state index in [0.717, 1.165) is 22.4 Å². The van der Waals surface area contributed by atoms with Gasteiger partial charge in [0.1, 0.15) is 12.4 Å². The Kier molecular flexibility index (Phi) is 6.23. The van der Waals surface area contributed by atoms with E-state index < -0.39 is 0 Å². The normalized spacial score (nSPS) is 16.6. The Morgan fingerprint density at radius 2 is 2.04 bits per heavy atom. The molecule has 0 saturated carbocycles. The van der Waals surface area contributed by atoms with Crippen molar-refractivity contribution >= 4 is 34.6 Å². The predicted molar refractivity (Wildman–Crippen MR) is 117 cm³/mol. The number of likely N-dealkylation sites (N-methyl/N-ethyl adjacent to an activating group) is 1. The highest BCUT2D eigenvalue weighted by atomic mass is 32.2. The van der Waals surface area contributed by atoms with Crippen molar-refractivity contribution in [1.82, 2.24) is 4.90 Å².